The van der Waals surface area contributed by atoms with Gasteiger partial charge in [-0.3, -0.25) is 0 Å². The van der Waals surface area contributed by atoms with Crippen molar-refractivity contribution in [3.8, 4) is 0 Å². The van der Waals surface area contributed by atoms with E-state index in [0.717, 1.165) is 6.42 Å². The predicted molar refractivity (Wildman–Crippen MR) is 83.5 cm³/mol. The van der Waals surface area contributed by atoms with E-state index in [-0.39, 0.29) is 4.75 Å². The van der Waals surface area contributed by atoms with Gasteiger partial charge in [-0.05, 0) is 80.0 Å². The SMILES string of the molecule is CC(C)(C)S/N=C(/c1cccc(Br)n1)C1(F)CCC1. The van der Waals surface area contributed by atoms with Gasteiger partial charge in [-0.1, -0.05) is 6.07 Å². The van der Waals surface area contributed by atoms with Gasteiger partial charge in [0.1, 0.15) is 10.3 Å². The van der Waals surface area contributed by atoms with Gasteiger partial charge in [-0.15, -0.1) is 0 Å². The molecule has 0 atom stereocenters. The van der Waals surface area contributed by atoms with Crippen molar-refractivity contribution in [2.45, 2.75) is 50.4 Å². The Morgan fingerprint density at radius 1 is 1.42 bits per heavy atom. The standard InChI is InChI=1S/C14H18BrFN2S/c1-13(2,3)19-18-12(14(16)8-5-9-14)10-6-4-7-11(15)17-10/h4,6-7H,5,8-9H2,1-3H3/b18-12-. The van der Waals surface area contributed by atoms with E-state index >= 15 is 0 Å². The first kappa shape index (κ1) is 15.0. The Bertz CT molecular complexity index is 492. The second-order valence-electron chi connectivity index (χ2n) is 5.81. The molecule has 0 saturated heterocycles. The molecule has 2 nitrogen and oxygen atoms in total. The Balaban J connectivity index is 2.35. The lowest BCUT2D eigenvalue weighted by atomic mass is 9.77. The third kappa shape index (κ3) is 3.78. The zero-order valence-electron chi connectivity index (χ0n) is 11.4. The third-order valence-electron chi connectivity index (χ3n) is 2.94. The zero-order chi connectivity index (χ0) is 14.1. The quantitative estimate of drug-likeness (QED) is 0.439. The number of alkyl halides is 1. The molecule has 1 aliphatic carbocycles. The van der Waals surface area contributed by atoms with Crippen LogP contribution in [0.2, 0.25) is 0 Å². The van der Waals surface area contributed by atoms with Crippen molar-refractivity contribution in [1.29, 1.82) is 0 Å². The van der Waals surface area contributed by atoms with Gasteiger partial charge in [0.2, 0.25) is 0 Å². The summed E-state index contributed by atoms with van der Waals surface area (Å²) in [4.78, 5) is 4.35. The van der Waals surface area contributed by atoms with Crippen LogP contribution in [-0.4, -0.2) is 21.1 Å². The monoisotopic (exact) mass is 344 g/mol. The molecule has 5 heteroatoms. The minimum Gasteiger partial charge on any atom is -0.239 e. The van der Waals surface area contributed by atoms with Crippen LogP contribution in [-0.2, 0) is 0 Å². The highest BCUT2D eigenvalue weighted by Gasteiger charge is 2.43. The van der Waals surface area contributed by atoms with E-state index in [9.17, 15) is 4.39 Å². The lowest BCUT2D eigenvalue weighted by molar-refractivity contribution is 0.143. The molecule has 0 spiro atoms. The van der Waals surface area contributed by atoms with Crippen LogP contribution in [0, 0.1) is 0 Å². The summed E-state index contributed by atoms with van der Waals surface area (Å²) < 4.78 is 19.9. The van der Waals surface area contributed by atoms with Gasteiger partial charge in [0.05, 0.1) is 5.69 Å². The first-order valence-corrected chi connectivity index (χ1v) is 7.95. The van der Waals surface area contributed by atoms with Crippen molar-refractivity contribution in [2.75, 3.05) is 0 Å². The van der Waals surface area contributed by atoms with Gasteiger partial charge >= 0.3 is 0 Å². The smallest absolute Gasteiger partial charge is 0.155 e. The average Bonchev–Trinajstić information content (AvgIpc) is 2.25. The molecule has 0 aromatic carbocycles. The molecule has 1 aromatic heterocycles. The van der Waals surface area contributed by atoms with Gasteiger partial charge < -0.3 is 0 Å². The van der Waals surface area contributed by atoms with Gasteiger partial charge in [0, 0.05) is 4.75 Å². The Hall–Kier alpha value is -0.420. The van der Waals surface area contributed by atoms with Crippen molar-refractivity contribution in [1.82, 2.24) is 4.98 Å². The lowest BCUT2D eigenvalue weighted by Crippen LogP contribution is -2.41. The summed E-state index contributed by atoms with van der Waals surface area (Å²) in [5.41, 5.74) is -0.181. The van der Waals surface area contributed by atoms with Crippen molar-refractivity contribution >= 4 is 33.6 Å². The topological polar surface area (TPSA) is 25.2 Å². The van der Waals surface area contributed by atoms with E-state index < -0.39 is 5.67 Å². The Labute approximate surface area is 126 Å². The van der Waals surface area contributed by atoms with Crippen molar-refractivity contribution in [3.05, 3.63) is 28.5 Å². The summed E-state index contributed by atoms with van der Waals surface area (Å²) in [6.45, 7) is 6.20. The van der Waals surface area contributed by atoms with E-state index in [1.54, 1.807) is 0 Å². The van der Waals surface area contributed by atoms with Gasteiger partial charge in [-0.2, -0.15) is 0 Å². The summed E-state index contributed by atoms with van der Waals surface area (Å²) in [5, 5.41) is 0. The van der Waals surface area contributed by atoms with E-state index in [2.05, 4.69) is 46.1 Å². The number of nitrogens with zero attached hydrogens (tertiary/aromatic N) is 2. The molecule has 1 heterocycles. The first-order valence-electron chi connectivity index (χ1n) is 6.39. The fourth-order valence-electron chi connectivity index (χ4n) is 1.80. The maximum Gasteiger partial charge on any atom is 0.155 e. The zero-order valence-corrected chi connectivity index (χ0v) is 13.8. The molecule has 1 saturated carbocycles. The molecule has 19 heavy (non-hydrogen) atoms. The number of halogens is 2. The lowest BCUT2D eigenvalue weighted by Gasteiger charge is -2.34. The summed E-state index contributed by atoms with van der Waals surface area (Å²) >= 11 is 4.74. The summed E-state index contributed by atoms with van der Waals surface area (Å²) in [6, 6.07) is 5.53. The minimum absolute atomic E-state index is 0.0304. The number of rotatable bonds is 3. The number of hydrogen-bond acceptors (Lipinski definition) is 3. The maximum atomic E-state index is 14.8. The molecule has 1 aliphatic rings. The highest BCUT2D eigenvalue weighted by molar-refractivity contribution is 9.10. The Kier molecular flexibility index (Phi) is 4.35. The molecule has 0 unspecified atom stereocenters. The van der Waals surface area contributed by atoms with Crippen LogP contribution >= 0.6 is 27.9 Å². The summed E-state index contributed by atoms with van der Waals surface area (Å²) in [5.74, 6) is 0. The van der Waals surface area contributed by atoms with Crippen LogP contribution in [0.1, 0.15) is 45.7 Å². The van der Waals surface area contributed by atoms with Crippen molar-refractivity contribution < 1.29 is 4.39 Å². The number of hydrogen-bond donors (Lipinski definition) is 0. The van der Waals surface area contributed by atoms with E-state index in [4.69, 9.17) is 0 Å². The summed E-state index contributed by atoms with van der Waals surface area (Å²) in [7, 11) is 0. The second-order valence-corrected chi connectivity index (χ2v) is 8.21. The molecule has 2 rings (SSSR count). The first-order chi connectivity index (χ1) is 8.80. The van der Waals surface area contributed by atoms with Crippen LogP contribution in [0.25, 0.3) is 0 Å². The van der Waals surface area contributed by atoms with Crippen LogP contribution in [0.15, 0.2) is 27.2 Å². The van der Waals surface area contributed by atoms with Gasteiger partial charge in [0.25, 0.3) is 0 Å². The molecule has 0 radical (unpaired) electrons. The molecule has 0 bridgehead atoms. The molecular formula is C14H18BrFN2S. The molecule has 0 N–H and O–H groups in total. The molecule has 0 aliphatic heterocycles. The minimum atomic E-state index is -1.30. The third-order valence-corrected chi connectivity index (χ3v) is 4.20. The van der Waals surface area contributed by atoms with E-state index in [1.165, 1.54) is 11.9 Å². The van der Waals surface area contributed by atoms with Crippen LogP contribution in [0.4, 0.5) is 4.39 Å². The average molecular weight is 345 g/mol. The maximum absolute atomic E-state index is 14.8. The normalized spacial score (nSPS) is 19.1. The van der Waals surface area contributed by atoms with Crippen LogP contribution < -0.4 is 0 Å². The van der Waals surface area contributed by atoms with Crippen molar-refractivity contribution in [2.24, 2.45) is 4.40 Å². The fraction of sp³-hybridized carbons (Fsp3) is 0.571. The molecule has 0 amide bonds. The summed E-state index contributed by atoms with van der Waals surface area (Å²) in [6.07, 6.45) is 2.01. The largest absolute Gasteiger partial charge is 0.239 e. The highest BCUT2D eigenvalue weighted by Crippen LogP contribution is 2.40. The Morgan fingerprint density at radius 3 is 2.58 bits per heavy atom. The van der Waals surface area contributed by atoms with Crippen molar-refractivity contribution in [3.63, 3.8) is 0 Å². The molecule has 1 fully saturated rings. The second kappa shape index (κ2) is 5.52. The fourth-order valence-corrected chi connectivity index (χ4v) is 2.77. The van der Waals surface area contributed by atoms with E-state index in [1.807, 2.05) is 18.2 Å². The van der Waals surface area contributed by atoms with Crippen LogP contribution in [0.3, 0.4) is 0 Å². The van der Waals surface area contributed by atoms with Crippen LogP contribution in [0.5, 0.6) is 0 Å². The Morgan fingerprint density at radius 2 is 2.11 bits per heavy atom. The predicted octanol–water partition coefficient (Wildman–Crippen LogP) is 4.97. The molecule has 1 aromatic rings. The molecular weight excluding hydrogens is 327 g/mol. The number of aromatic nitrogens is 1. The molecule has 104 valence electrons. The number of pyridine rings is 1. The van der Waals surface area contributed by atoms with Gasteiger partial charge in [0.15, 0.2) is 5.67 Å². The van der Waals surface area contributed by atoms with Gasteiger partial charge in [-0.25, -0.2) is 13.8 Å². The highest BCUT2D eigenvalue weighted by atomic mass is 79.9. The van der Waals surface area contributed by atoms with E-state index in [0.29, 0.717) is 28.9 Å².